The van der Waals surface area contributed by atoms with Gasteiger partial charge in [0.25, 0.3) is 0 Å². The number of nitrogens with two attached hydrogens (primary N) is 1. The van der Waals surface area contributed by atoms with Gasteiger partial charge in [0, 0.05) is 6.07 Å². The maximum atomic E-state index is 6.26. The van der Waals surface area contributed by atoms with Gasteiger partial charge >= 0.3 is 0 Å². The van der Waals surface area contributed by atoms with Gasteiger partial charge in [-0.25, -0.2) is 5.84 Å². The molecule has 0 amide bonds. The summed E-state index contributed by atoms with van der Waals surface area (Å²) >= 11 is 0. The number of para-hydroxylation sites is 1. The number of benzene rings is 2. The maximum Gasteiger partial charge on any atom is 0.164 e. The first-order valence-electron chi connectivity index (χ1n) is 8.17. The molecule has 24 heavy (non-hydrogen) atoms. The number of nitrogens with zero attached hydrogens (tertiary/aromatic N) is 1. The molecule has 0 saturated heterocycles. The Morgan fingerprint density at radius 2 is 1.25 bits per heavy atom. The Balaban J connectivity index is 2.39. The molecular weight excluding hydrogens is 300 g/mol. The van der Waals surface area contributed by atoms with Gasteiger partial charge in [-0.3, -0.25) is 5.01 Å². The van der Waals surface area contributed by atoms with E-state index in [-0.39, 0.29) is 11.2 Å². The van der Waals surface area contributed by atoms with Crippen molar-refractivity contribution in [3.63, 3.8) is 0 Å². The van der Waals surface area contributed by atoms with Gasteiger partial charge in [-0.1, -0.05) is 18.2 Å². The second-order valence-corrected chi connectivity index (χ2v) is 7.77. The van der Waals surface area contributed by atoms with Crippen molar-refractivity contribution in [3.8, 4) is 11.5 Å². The molecule has 0 atom stereocenters. The monoisotopic (exact) mass is 328 g/mol. The summed E-state index contributed by atoms with van der Waals surface area (Å²) in [5.74, 6) is 7.66. The molecular formula is C20H28N2O2. The Hall–Kier alpha value is -2.20. The van der Waals surface area contributed by atoms with E-state index < -0.39 is 0 Å². The van der Waals surface area contributed by atoms with Gasteiger partial charge in [-0.15, -0.1) is 0 Å². The highest BCUT2D eigenvalue weighted by atomic mass is 16.5. The van der Waals surface area contributed by atoms with Crippen LogP contribution in [0.3, 0.4) is 0 Å². The number of hydrazine groups is 1. The summed E-state index contributed by atoms with van der Waals surface area (Å²) in [6.45, 7) is 12.1. The zero-order chi connectivity index (χ0) is 18.0. The number of rotatable bonds is 4. The van der Waals surface area contributed by atoms with Crippen molar-refractivity contribution in [2.45, 2.75) is 52.7 Å². The minimum atomic E-state index is -0.333. The summed E-state index contributed by atoms with van der Waals surface area (Å²) in [5.41, 5.74) is 1.10. The van der Waals surface area contributed by atoms with Crippen LogP contribution in [0.1, 0.15) is 41.5 Å². The molecule has 0 radical (unpaired) electrons. The lowest BCUT2D eigenvalue weighted by atomic mass is 10.1. The second kappa shape index (κ2) is 6.73. The van der Waals surface area contributed by atoms with Gasteiger partial charge in [-0.05, 0) is 65.8 Å². The third-order valence-electron chi connectivity index (χ3n) is 3.07. The largest absolute Gasteiger partial charge is 0.484 e. The van der Waals surface area contributed by atoms with Crippen LogP contribution in [-0.2, 0) is 0 Å². The quantitative estimate of drug-likeness (QED) is 0.630. The van der Waals surface area contributed by atoms with Crippen molar-refractivity contribution in [1.82, 2.24) is 0 Å². The van der Waals surface area contributed by atoms with Crippen LogP contribution in [0.25, 0.3) is 0 Å². The van der Waals surface area contributed by atoms with E-state index in [1.165, 1.54) is 0 Å². The summed E-state index contributed by atoms with van der Waals surface area (Å²) in [7, 11) is 0. The highest BCUT2D eigenvalue weighted by Gasteiger charge is 2.21. The van der Waals surface area contributed by atoms with Crippen LogP contribution in [0.2, 0.25) is 0 Å². The molecule has 0 bridgehead atoms. The molecule has 2 aromatic rings. The van der Waals surface area contributed by atoms with E-state index in [1.807, 2.05) is 90.1 Å². The predicted octanol–water partition coefficient (Wildman–Crippen LogP) is 5.05. The van der Waals surface area contributed by atoms with E-state index >= 15 is 0 Å². The number of hydrogen-bond donors (Lipinski definition) is 1. The summed E-state index contributed by atoms with van der Waals surface area (Å²) in [4.78, 5) is 0. The van der Waals surface area contributed by atoms with E-state index in [2.05, 4.69) is 0 Å². The van der Waals surface area contributed by atoms with E-state index in [0.717, 1.165) is 11.4 Å². The van der Waals surface area contributed by atoms with Crippen LogP contribution < -0.4 is 20.3 Å². The highest BCUT2D eigenvalue weighted by molar-refractivity contribution is 5.65. The van der Waals surface area contributed by atoms with Crippen LogP contribution >= 0.6 is 0 Å². The van der Waals surface area contributed by atoms with Crippen molar-refractivity contribution in [3.05, 3.63) is 48.5 Å². The van der Waals surface area contributed by atoms with Crippen LogP contribution in [0, 0.1) is 0 Å². The maximum absolute atomic E-state index is 6.26. The summed E-state index contributed by atoms with van der Waals surface area (Å²) in [5, 5.41) is 1.64. The van der Waals surface area contributed by atoms with E-state index in [1.54, 1.807) is 5.01 Å². The first kappa shape index (κ1) is 18.1. The number of ether oxygens (including phenoxy) is 2. The summed E-state index contributed by atoms with van der Waals surface area (Å²) < 4.78 is 12.1. The molecule has 0 saturated carbocycles. The second-order valence-electron chi connectivity index (χ2n) is 7.77. The molecule has 0 aliphatic carbocycles. The molecule has 2 rings (SSSR count). The SMILES string of the molecule is CC(C)(C)Oc1ccc(N(N)c2ccccc2)cc1OC(C)(C)C. The molecule has 2 N–H and O–H groups in total. The fourth-order valence-electron chi connectivity index (χ4n) is 2.21. The third-order valence-corrected chi connectivity index (χ3v) is 3.07. The van der Waals surface area contributed by atoms with Crippen molar-refractivity contribution in [2.24, 2.45) is 5.84 Å². The van der Waals surface area contributed by atoms with Crippen LogP contribution in [0.15, 0.2) is 48.5 Å². The van der Waals surface area contributed by atoms with Gasteiger partial charge < -0.3 is 9.47 Å². The minimum Gasteiger partial charge on any atom is -0.484 e. The van der Waals surface area contributed by atoms with Crippen molar-refractivity contribution >= 4 is 11.4 Å². The van der Waals surface area contributed by atoms with Gasteiger partial charge in [0.05, 0.1) is 11.4 Å². The standard InChI is InChI=1S/C20H28N2O2/c1-19(2,3)23-17-13-12-16(14-18(17)24-20(4,5)6)22(21)15-10-8-7-9-11-15/h7-14H,21H2,1-6H3. The Labute approximate surface area is 145 Å². The van der Waals surface area contributed by atoms with E-state index in [4.69, 9.17) is 15.3 Å². The molecule has 0 spiro atoms. The third kappa shape index (κ3) is 5.17. The highest BCUT2D eigenvalue weighted by Crippen LogP contribution is 2.37. The average Bonchev–Trinajstić information content (AvgIpc) is 2.46. The topological polar surface area (TPSA) is 47.7 Å². The van der Waals surface area contributed by atoms with Crippen molar-refractivity contribution in [1.29, 1.82) is 0 Å². The Morgan fingerprint density at radius 3 is 1.79 bits per heavy atom. The molecule has 0 heterocycles. The summed E-state index contributed by atoms with van der Waals surface area (Å²) in [6.07, 6.45) is 0. The zero-order valence-corrected chi connectivity index (χ0v) is 15.5. The van der Waals surface area contributed by atoms with Crippen molar-refractivity contribution < 1.29 is 9.47 Å². The smallest absolute Gasteiger partial charge is 0.164 e. The van der Waals surface area contributed by atoms with E-state index in [9.17, 15) is 0 Å². The molecule has 0 aliphatic heterocycles. The molecule has 4 heteroatoms. The van der Waals surface area contributed by atoms with Gasteiger partial charge in [0.15, 0.2) is 11.5 Å². The summed E-state index contributed by atoms with van der Waals surface area (Å²) in [6, 6.07) is 15.6. The molecule has 0 aliphatic rings. The Kier molecular flexibility index (Phi) is 5.09. The molecule has 4 nitrogen and oxygen atoms in total. The molecule has 0 unspecified atom stereocenters. The first-order chi connectivity index (χ1) is 11.1. The molecule has 0 aromatic heterocycles. The molecule has 130 valence electrons. The average molecular weight is 328 g/mol. The van der Waals surface area contributed by atoms with Gasteiger partial charge in [0.1, 0.15) is 11.2 Å². The lowest BCUT2D eigenvalue weighted by molar-refractivity contribution is 0.0958. The molecule has 2 aromatic carbocycles. The fraction of sp³-hybridized carbons (Fsp3) is 0.400. The minimum absolute atomic E-state index is 0.306. The molecule has 0 fully saturated rings. The van der Waals surface area contributed by atoms with Crippen LogP contribution in [-0.4, -0.2) is 11.2 Å². The Bertz CT molecular complexity index is 670. The van der Waals surface area contributed by atoms with Crippen LogP contribution in [0.5, 0.6) is 11.5 Å². The number of anilines is 2. The lowest BCUT2D eigenvalue weighted by Crippen LogP contribution is -2.28. The first-order valence-corrected chi connectivity index (χ1v) is 8.17. The van der Waals surface area contributed by atoms with Gasteiger partial charge in [-0.2, -0.15) is 0 Å². The predicted molar refractivity (Wildman–Crippen MR) is 100.0 cm³/mol. The van der Waals surface area contributed by atoms with Gasteiger partial charge in [0.2, 0.25) is 0 Å². The van der Waals surface area contributed by atoms with Crippen molar-refractivity contribution in [2.75, 3.05) is 5.01 Å². The zero-order valence-electron chi connectivity index (χ0n) is 15.5. The number of hydrogen-bond acceptors (Lipinski definition) is 4. The normalized spacial score (nSPS) is 12.0. The fourth-order valence-corrected chi connectivity index (χ4v) is 2.21. The van der Waals surface area contributed by atoms with Crippen LogP contribution in [0.4, 0.5) is 11.4 Å². The lowest BCUT2D eigenvalue weighted by Gasteiger charge is -2.28. The van der Waals surface area contributed by atoms with E-state index in [0.29, 0.717) is 11.5 Å². The Morgan fingerprint density at radius 1 is 0.708 bits per heavy atom.